The van der Waals surface area contributed by atoms with Crippen LogP contribution in [0.2, 0.25) is 0 Å². The number of carbonyl (C=O) groups is 4. The second-order valence-electron chi connectivity index (χ2n) is 11.4. The summed E-state index contributed by atoms with van der Waals surface area (Å²) in [6.07, 6.45) is 6.18. The molecule has 0 spiro atoms. The van der Waals surface area contributed by atoms with Gasteiger partial charge in [-0.05, 0) is 49.7 Å². The van der Waals surface area contributed by atoms with Gasteiger partial charge in [-0.1, -0.05) is 46.3 Å². The number of halogens is 1. The van der Waals surface area contributed by atoms with E-state index in [1.54, 1.807) is 19.9 Å². The fourth-order valence-electron chi connectivity index (χ4n) is 8.01. The number of ether oxygens (including phenoxy) is 2. The maximum Gasteiger partial charge on any atom is 0.306 e. The van der Waals surface area contributed by atoms with Gasteiger partial charge in [-0.3, -0.25) is 19.2 Å². The van der Waals surface area contributed by atoms with Gasteiger partial charge in [0.05, 0.1) is 11.0 Å². The fourth-order valence-corrected chi connectivity index (χ4v) is 8.53. The molecule has 8 atom stereocenters. The van der Waals surface area contributed by atoms with Gasteiger partial charge in [0.25, 0.3) is 0 Å². The van der Waals surface area contributed by atoms with Crippen molar-refractivity contribution in [3.05, 3.63) is 23.8 Å². The first-order valence-electron chi connectivity index (χ1n) is 13.0. The van der Waals surface area contributed by atoms with Gasteiger partial charge < -0.3 is 14.6 Å². The first-order chi connectivity index (χ1) is 16.8. The van der Waals surface area contributed by atoms with Crippen LogP contribution in [0, 0.1) is 28.6 Å². The van der Waals surface area contributed by atoms with Crippen molar-refractivity contribution in [3.8, 4) is 0 Å². The van der Waals surface area contributed by atoms with E-state index >= 15 is 0 Å². The zero-order chi connectivity index (χ0) is 26.7. The summed E-state index contributed by atoms with van der Waals surface area (Å²) >= 11 is 7.48. The summed E-state index contributed by atoms with van der Waals surface area (Å²) in [6, 6.07) is 0. The molecule has 4 rings (SSSR count). The molecule has 8 heteroatoms. The molecule has 36 heavy (non-hydrogen) atoms. The van der Waals surface area contributed by atoms with Gasteiger partial charge in [-0.25, -0.2) is 0 Å². The lowest BCUT2D eigenvalue weighted by atomic mass is 9.45. The Labute approximate surface area is 217 Å². The highest BCUT2D eigenvalue weighted by atomic mass is 35.5. The van der Waals surface area contributed by atoms with E-state index in [0.717, 1.165) is 5.57 Å². The number of hydrogen-bond acceptors (Lipinski definition) is 7. The molecule has 3 saturated carbocycles. The molecule has 0 aromatic heterocycles. The third-order valence-corrected chi connectivity index (χ3v) is 10.7. The van der Waals surface area contributed by atoms with Crippen LogP contribution in [0.5, 0.6) is 0 Å². The monoisotopic (exact) mass is 520 g/mol. The van der Waals surface area contributed by atoms with Crippen molar-refractivity contribution in [2.75, 3.05) is 6.61 Å². The van der Waals surface area contributed by atoms with Gasteiger partial charge >= 0.3 is 11.9 Å². The first-order valence-corrected chi connectivity index (χ1v) is 13.4. The molecule has 0 heterocycles. The summed E-state index contributed by atoms with van der Waals surface area (Å²) in [7, 11) is 0. The van der Waals surface area contributed by atoms with Crippen molar-refractivity contribution in [1.29, 1.82) is 0 Å². The van der Waals surface area contributed by atoms with Crippen LogP contribution in [0.25, 0.3) is 0 Å². The van der Waals surface area contributed by atoms with Crippen molar-refractivity contribution in [3.63, 3.8) is 0 Å². The Bertz CT molecular complexity index is 1050. The number of esters is 2. The number of rotatable bonds is 6. The molecule has 1 N–H and O–H groups in total. The molecule has 4 aliphatic carbocycles. The second-order valence-corrected chi connectivity index (χ2v) is 12.0. The number of carbonyl (C=O) groups excluding carboxylic acids is 4. The SMILES string of the molecule is CCC(=O)OCC(=O)[C@@]1(OC(=O)CC)[C@@H](C)CC2[C@@H]3CCC4=CC(=O)C=C[C@]4(C)[C@@]3(Cl)[C@@H](O)C[C@@]21C. The van der Waals surface area contributed by atoms with Gasteiger partial charge in [0, 0.05) is 29.6 Å². The number of aliphatic hydroxyl groups is 1. The molecular weight excluding hydrogens is 484 g/mol. The fraction of sp³-hybridized carbons (Fsp3) is 0.714. The van der Waals surface area contributed by atoms with E-state index < -0.39 is 51.7 Å². The molecule has 0 amide bonds. The molecule has 0 aliphatic heterocycles. The maximum absolute atomic E-state index is 13.9. The zero-order valence-electron chi connectivity index (χ0n) is 21.8. The van der Waals surface area contributed by atoms with Crippen LogP contribution in [0.3, 0.4) is 0 Å². The van der Waals surface area contributed by atoms with Gasteiger partial charge in [0.15, 0.2) is 18.0 Å². The standard InChI is InChI=1S/C28H37ClO7/c1-6-23(33)35-15-22(32)28(36-24(34)7-2)16(3)12-20-19-9-8-17-13-18(30)10-11-25(17,4)27(19,29)21(31)14-26(20,28)5/h10-11,13,16,19-21,31H,6-9,12,14-15H2,1-5H3/t16-,19-,20?,21-,25-,26-,27-,28-/m0/s1. The molecule has 7 nitrogen and oxygen atoms in total. The van der Waals surface area contributed by atoms with E-state index in [1.165, 1.54) is 6.08 Å². The predicted molar refractivity (Wildman–Crippen MR) is 133 cm³/mol. The summed E-state index contributed by atoms with van der Waals surface area (Å²) in [6.45, 7) is 8.61. The Hall–Kier alpha value is -1.99. The van der Waals surface area contributed by atoms with Crippen molar-refractivity contribution in [1.82, 2.24) is 0 Å². The normalized spacial score (nSPS) is 43.1. The third-order valence-electron chi connectivity index (χ3n) is 9.81. The molecule has 0 radical (unpaired) electrons. The number of fused-ring (bicyclic) bond motifs is 5. The molecular formula is C28H37ClO7. The van der Waals surface area contributed by atoms with E-state index in [0.29, 0.717) is 19.3 Å². The summed E-state index contributed by atoms with van der Waals surface area (Å²) in [5, 5.41) is 11.8. The van der Waals surface area contributed by atoms with Crippen LogP contribution in [-0.2, 0) is 28.7 Å². The smallest absolute Gasteiger partial charge is 0.306 e. The minimum Gasteiger partial charge on any atom is -0.457 e. The van der Waals surface area contributed by atoms with E-state index in [1.807, 2.05) is 26.8 Å². The van der Waals surface area contributed by atoms with Crippen LogP contribution in [0.1, 0.15) is 73.1 Å². The summed E-state index contributed by atoms with van der Waals surface area (Å²) in [5.74, 6) is -2.24. The predicted octanol–water partition coefficient (Wildman–Crippen LogP) is 4.09. The third kappa shape index (κ3) is 3.48. The minimum atomic E-state index is -1.55. The Morgan fingerprint density at radius 2 is 1.81 bits per heavy atom. The van der Waals surface area contributed by atoms with E-state index in [-0.39, 0.29) is 42.8 Å². The summed E-state index contributed by atoms with van der Waals surface area (Å²) in [4.78, 5) is 49.5. The number of Topliss-reactive ketones (excluding diaryl/α,β-unsaturated/α-hetero) is 1. The molecule has 3 fully saturated rings. The number of hydrogen-bond donors (Lipinski definition) is 1. The maximum atomic E-state index is 13.9. The van der Waals surface area contributed by atoms with Crippen molar-refractivity contribution in [2.45, 2.75) is 89.7 Å². The molecule has 0 aromatic rings. The van der Waals surface area contributed by atoms with Gasteiger partial charge in [-0.2, -0.15) is 0 Å². The number of ketones is 2. The summed E-state index contributed by atoms with van der Waals surface area (Å²) < 4.78 is 11.3. The lowest BCUT2D eigenvalue weighted by Crippen LogP contribution is -2.69. The average Bonchev–Trinajstić information content (AvgIpc) is 3.05. The Morgan fingerprint density at radius 1 is 1.14 bits per heavy atom. The Balaban J connectivity index is 1.80. The molecule has 0 bridgehead atoms. The van der Waals surface area contributed by atoms with Gasteiger partial charge in [-0.15, -0.1) is 11.6 Å². The highest BCUT2D eigenvalue weighted by molar-refractivity contribution is 6.26. The topological polar surface area (TPSA) is 107 Å². The van der Waals surface area contributed by atoms with Gasteiger partial charge in [0.1, 0.15) is 0 Å². The molecule has 198 valence electrons. The van der Waals surface area contributed by atoms with Crippen LogP contribution >= 0.6 is 11.6 Å². The average molecular weight is 521 g/mol. The van der Waals surface area contributed by atoms with Crippen LogP contribution < -0.4 is 0 Å². The van der Waals surface area contributed by atoms with Crippen LogP contribution in [-0.4, -0.2) is 51.8 Å². The van der Waals surface area contributed by atoms with E-state index in [9.17, 15) is 24.3 Å². The Morgan fingerprint density at radius 3 is 2.44 bits per heavy atom. The van der Waals surface area contributed by atoms with Crippen molar-refractivity contribution in [2.24, 2.45) is 28.6 Å². The summed E-state index contributed by atoms with van der Waals surface area (Å²) in [5.41, 5.74) is -2.27. The number of allylic oxidation sites excluding steroid dienone is 4. The van der Waals surface area contributed by atoms with Crippen LogP contribution in [0.4, 0.5) is 0 Å². The zero-order valence-corrected chi connectivity index (χ0v) is 22.5. The van der Waals surface area contributed by atoms with Crippen molar-refractivity contribution >= 4 is 35.1 Å². The first kappa shape index (κ1) is 27.1. The lowest BCUT2D eigenvalue weighted by molar-refractivity contribution is -0.203. The molecule has 0 aromatic carbocycles. The molecule has 0 saturated heterocycles. The lowest BCUT2D eigenvalue weighted by Gasteiger charge is -2.64. The number of aliphatic hydroxyl groups excluding tert-OH is 1. The van der Waals surface area contributed by atoms with E-state index in [4.69, 9.17) is 21.1 Å². The van der Waals surface area contributed by atoms with Gasteiger partial charge in [0.2, 0.25) is 5.78 Å². The Kier molecular flexibility index (Phi) is 6.83. The largest absolute Gasteiger partial charge is 0.457 e. The number of alkyl halides is 1. The molecule has 4 aliphatic rings. The highest BCUT2D eigenvalue weighted by Crippen LogP contribution is 2.72. The van der Waals surface area contributed by atoms with Crippen LogP contribution in [0.15, 0.2) is 23.8 Å². The minimum absolute atomic E-state index is 0.0801. The van der Waals surface area contributed by atoms with Crippen molar-refractivity contribution < 1.29 is 33.8 Å². The highest BCUT2D eigenvalue weighted by Gasteiger charge is 2.76. The molecule has 1 unspecified atom stereocenters. The quantitative estimate of drug-likeness (QED) is 0.415. The second kappa shape index (κ2) is 9.09. The van der Waals surface area contributed by atoms with E-state index in [2.05, 4.69) is 0 Å².